The third-order valence-corrected chi connectivity index (χ3v) is 8.54. The summed E-state index contributed by atoms with van der Waals surface area (Å²) in [5.74, 6) is 0. The van der Waals surface area contributed by atoms with E-state index in [2.05, 4.69) is 76.7 Å². The lowest BCUT2D eigenvalue weighted by atomic mass is 9.87. The Hall–Kier alpha value is -6.72. The molecule has 49 heavy (non-hydrogen) atoms. The number of hydrogen-bond acceptors (Lipinski definition) is 5. The zero-order chi connectivity index (χ0) is 33.6. The molecule has 5 aromatic carbocycles. The molecule has 0 unspecified atom stereocenters. The van der Waals surface area contributed by atoms with Crippen molar-refractivity contribution in [3.63, 3.8) is 0 Å². The maximum Gasteiger partial charge on any atom is 0.0867 e. The van der Waals surface area contributed by atoms with Crippen molar-refractivity contribution < 1.29 is 0 Å². The molecule has 5 heteroatoms. The maximum absolute atomic E-state index is 8.54. The molecule has 0 atom stereocenters. The van der Waals surface area contributed by atoms with Gasteiger partial charge in [-0.25, -0.2) is 0 Å². The summed E-state index contributed by atoms with van der Waals surface area (Å²) >= 11 is 0. The summed E-state index contributed by atoms with van der Waals surface area (Å²) < 4.78 is 0. The number of rotatable bonds is 5. The monoisotopic (exact) mass is 631 g/mol. The number of nitrogens with zero attached hydrogens (tertiary/aromatic N) is 2. The molecule has 1 aliphatic rings. The van der Waals surface area contributed by atoms with E-state index in [1.807, 2.05) is 91.3 Å². The second-order valence-corrected chi connectivity index (χ2v) is 11.7. The number of benzene rings is 5. The van der Waals surface area contributed by atoms with Crippen LogP contribution < -0.4 is 5.73 Å². The van der Waals surface area contributed by atoms with Crippen LogP contribution in [0.4, 0.5) is 5.69 Å². The standard InChI is InChI=1S/C28H20N4.C16H13N/c29-27-16-25(21-7-1-5-19(13-21)23-9-3-11-31-17-23)15-26(28(27)30)22-8-2-6-20(14-22)24-10-4-12-32-18-24;17-16-11-4-3-9-15(16)14-10-5-7-12-6-1-2-8-13(12)14/h1-18,29-30H;1-11H,17H2. The van der Waals surface area contributed by atoms with Gasteiger partial charge in [0.15, 0.2) is 0 Å². The first kappa shape index (κ1) is 30.9. The van der Waals surface area contributed by atoms with E-state index in [1.165, 1.54) is 16.3 Å². The third-order valence-electron chi connectivity index (χ3n) is 8.54. The SMILES string of the molecule is N=C1C=C(c2cccc(-c3cccnc3)c2)C=C(c2cccc(-c3cccnc3)c2)C1=N.Nc1ccccc1-c1cccc2ccccc12. The predicted octanol–water partition coefficient (Wildman–Crippen LogP) is 10.4. The van der Waals surface area contributed by atoms with Crippen LogP contribution in [-0.4, -0.2) is 21.4 Å². The molecule has 1 aliphatic carbocycles. The highest BCUT2D eigenvalue weighted by molar-refractivity contribution is 6.61. The van der Waals surface area contributed by atoms with Gasteiger partial charge in [0.25, 0.3) is 0 Å². The van der Waals surface area contributed by atoms with Crippen molar-refractivity contribution in [1.82, 2.24) is 9.97 Å². The highest BCUT2D eigenvalue weighted by Gasteiger charge is 2.19. The van der Waals surface area contributed by atoms with Gasteiger partial charge in [-0.1, -0.05) is 109 Å². The van der Waals surface area contributed by atoms with Crippen molar-refractivity contribution in [2.24, 2.45) is 0 Å². The van der Waals surface area contributed by atoms with Gasteiger partial charge in [-0.15, -0.1) is 0 Å². The van der Waals surface area contributed by atoms with Crippen molar-refractivity contribution in [3.8, 4) is 33.4 Å². The largest absolute Gasteiger partial charge is 0.398 e. The van der Waals surface area contributed by atoms with Crippen LogP contribution >= 0.6 is 0 Å². The Balaban J connectivity index is 0.000000186. The summed E-state index contributed by atoms with van der Waals surface area (Å²) in [7, 11) is 0. The Morgan fingerprint density at radius 2 is 1.02 bits per heavy atom. The van der Waals surface area contributed by atoms with Crippen LogP contribution in [0.1, 0.15) is 11.1 Å². The molecule has 2 aromatic heterocycles. The minimum absolute atomic E-state index is 0.205. The molecular formula is C44H33N5. The summed E-state index contributed by atoms with van der Waals surface area (Å²) in [5.41, 5.74) is 17.3. The number of aromatic nitrogens is 2. The molecule has 0 spiro atoms. The normalized spacial score (nSPS) is 12.5. The van der Waals surface area contributed by atoms with E-state index in [1.54, 1.807) is 18.5 Å². The van der Waals surface area contributed by atoms with Crippen molar-refractivity contribution in [2.45, 2.75) is 0 Å². The molecule has 5 nitrogen and oxygen atoms in total. The number of nitrogens with one attached hydrogen (secondary N) is 2. The molecule has 0 radical (unpaired) electrons. The number of anilines is 1. The lowest BCUT2D eigenvalue weighted by Gasteiger charge is -2.18. The van der Waals surface area contributed by atoms with Crippen LogP contribution in [0.25, 0.3) is 55.3 Å². The molecule has 0 aliphatic heterocycles. The van der Waals surface area contributed by atoms with E-state index >= 15 is 0 Å². The number of nitrogens with two attached hydrogens (primary N) is 1. The number of hydrogen-bond donors (Lipinski definition) is 3. The molecule has 234 valence electrons. The van der Waals surface area contributed by atoms with E-state index in [0.29, 0.717) is 0 Å². The Labute approximate surface area is 285 Å². The van der Waals surface area contributed by atoms with E-state index in [9.17, 15) is 0 Å². The highest BCUT2D eigenvalue weighted by Crippen LogP contribution is 2.33. The molecular weight excluding hydrogens is 599 g/mol. The number of para-hydroxylation sites is 1. The van der Waals surface area contributed by atoms with Gasteiger partial charge >= 0.3 is 0 Å². The first-order valence-corrected chi connectivity index (χ1v) is 16.0. The van der Waals surface area contributed by atoms with E-state index in [0.717, 1.165) is 55.8 Å². The van der Waals surface area contributed by atoms with Gasteiger partial charge in [0, 0.05) is 52.7 Å². The summed E-state index contributed by atoms with van der Waals surface area (Å²) in [6.07, 6.45) is 11.0. The zero-order valence-corrected chi connectivity index (χ0v) is 26.7. The molecule has 0 fully saturated rings. The minimum atomic E-state index is 0.205. The Morgan fingerprint density at radius 3 is 1.71 bits per heavy atom. The Kier molecular flexibility index (Phi) is 8.80. The second kappa shape index (κ2) is 14.0. The summed E-state index contributed by atoms with van der Waals surface area (Å²) in [5, 5.41) is 19.5. The molecule has 0 amide bonds. The average molecular weight is 632 g/mol. The first-order chi connectivity index (χ1) is 24.0. The third kappa shape index (κ3) is 6.73. The second-order valence-electron chi connectivity index (χ2n) is 11.7. The maximum atomic E-state index is 8.54. The quantitative estimate of drug-likeness (QED) is 0.130. The predicted molar refractivity (Wildman–Crippen MR) is 205 cm³/mol. The van der Waals surface area contributed by atoms with Gasteiger partial charge in [0.2, 0.25) is 0 Å². The molecule has 0 bridgehead atoms. The van der Waals surface area contributed by atoms with Crippen LogP contribution in [0.3, 0.4) is 0 Å². The van der Waals surface area contributed by atoms with Crippen LogP contribution in [0, 0.1) is 10.8 Å². The van der Waals surface area contributed by atoms with E-state index in [-0.39, 0.29) is 11.4 Å². The molecule has 0 saturated carbocycles. The molecule has 7 aromatic rings. The van der Waals surface area contributed by atoms with Crippen molar-refractivity contribution in [2.75, 3.05) is 5.73 Å². The van der Waals surface area contributed by atoms with Crippen LogP contribution in [0.5, 0.6) is 0 Å². The smallest absolute Gasteiger partial charge is 0.0867 e. The first-order valence-electron chi connectivity index (χ1n) is 16.0. The lowest BCUT2D eigenvalue weighted by Crippen LogP contribution is -2.15. The van der Waals surface area contributed by atoms with Gasteiger partial charge in [-0.3, -0.25) is 20.8 Å². The molecule has 4 N–H and O–H groups in total. The van der Waals surface area contributed by atoms with Gasteiger partial charge < -0.3 is 5.73 Å². The van der Waals surface area contributed by atoms with Gasteiger partial charge in [0.1, 0.15) is 0 Å². The Bertz CT molecular complexity index is 2370. The topological polar surface area (TPSA) is 99.5 Å². The van der Waals surface area contributed by atoms with Crippen molar-refractivity contribution in [1.29, 1.82) is 10.8 Å². The summed E-state index contributed by atoms with van der Waals surface area (Å²) in [6.45, 7) is 0. The number of pyridine rings is 2. The van der Waals surface area contributed by atoms with Crippen LogP contribution in [-0.2, 0) is 0 Å². The van der Waals surface area contributed by atoms with Gasteiger partial charge in [-0.05, 0) is 86.6 Å². The zero-order valence-electron chi connectivity index (χ0n) is 26.7. The van der Waals surface area contributed by atoms with Crippen molar-refractivity contribution in [3.05, 3.63) is 188 Å². The van der Waals surface area contributed by atoms with Gasteiger partial charge in [-0.2, -0.15) is 0 Å². The number of nitrogen functional groups attached to an aromatic ring is 1. The lowest BCUT2D eigenvalue weighted by molar-refractivity contribution is 1.33. The summed E-state index contributed by atoms with van der Waals surface area (Å²) in [4.78, 5) is 8.43. The molecule has 2 heterocycles. The van der Waals surface area contributed by atoms with Crippen LogP contribution in [0.2, 0.25) is 0 Å². The summed E-state index contributed by atoms with van der Waals surface area (Å²) in [6, 6.07) is 46.8. The minimum Gasteiger partial charge on any atom is -0.398 e. The molecule has 0 saturated heterocycles. The fourth-order valence-corrected chi connectivity index (χ4v) is 6.05. The van der Waals surface area contributed by atoms with Crippen LogP contribution in [0.15, 0.2) is 176 Å². The Morgan fingerprint density at radius 1 is 0.469 bits per heavy atom. The van der Waals surface area contributed by atoms with E-state index in [4.69, 9.17) is 16.6 Å². The number of fused-ring (bicyclic) bond motifs is 1. The fourth-order valence-electron chi connectivity index (χ4n) is 6.05. The van der Waals surface area contributed by atoms with Crippen molar-refractivity contribution >= 4 is 39.0 Å². The highest BCUT2D eigenvalue weighted by atomic mass is 14.6. The average Bonchev–Trinajstić information content (AvgIpc) is 3.17. The number of allylic oxidation sites excluding steroid dienone is 4. The van der Waals surface area contributed by atoms with Gasteiger partial charge in [0.05, 0.1) is 11.4 Å². The molecule has 8 rings (SSSR count). The fraction of sp³-hybridized carbons (Fsp3) is 0. The van der Waals surface area contributed by atoms with E-state index < -0.39 is 0 Å².